The Kier molecular flexibility index (Phi) is 5.72. The number of hydrogen-bond acceptors (Lipinski definition) is 4. The van der Waals surface area contributed by atoms with Gasteiger partial charge in [-0.3, -0.25) is 9.78 Å². The van der Waals surface area contributed by atoms with Crippen molar-refractivity contribution in [2.45, 2.75) is 6.54 Å². The van der Waals surface area contributed by atoms with Gasteiger partial charge in [0.15, 0.2) is 0 Å². The molecule has 0 aliphatic carbocycles. The predicted octanol–water partition coefficient (Wildman–Crippen LogP) is 5.31. The Morgan fingerprint density at radius 3 is 2.12 bits per heavy atom. The second-order valence-corrected chi connectivity index (χ2v) is 7.54. The third-order valence-electron chi connectivity index (χ3n) is 5.28. The molecule has 2 heterocycles. The number of carbonyl (C=O) groups is 1. The minimum absolute atomic E-state index is 0.0396. The van der Waals surface area contributed by atoms with Crippen LogP contribution >= 0.6 is 0 Å². The first-order valence-corrected chi connectivity index (χ1v) is 10.6. The highest BCUT2D eigenvalue weighted by Crippen LogP contribution is 2.30. The van der Waals surface area contributed by atoms with Gasteiger partial charge in [-0.2, -0.15) is 0 Å². The SMILES string of the molecule is O=C(Cn1nnc(-c2ccncc2)c1-c1ccccc1)Nc1cccc(-c2ccccc2)c1. The van der Waals surface area contributed by atoms with Gasteiger partial charge < -0.3 is 5.32 Å². The van der Waals surface area contributed by atoms with Gasteiger partial charge in [-0.15, -0.1) is 5.10 Å². The van der Waals surface area contributed by atoms with Gasteiger partial charge in [0.1, 0.15) is 12.2 Å². The van der Waals surface area contributed by atoms with Crippen molar-refractivity contribution in [3.8, 4) is 33.6 Å². The van der Waals surface area contributed by atoms with Crippen LogP contribution in [0.1, 0.15) is 0 Å². The first-order chi connectivity index (χ1) is 16.3. The second-order valence-electron chi connectivity index (χ2n) is 7.54. The van der Waals surface area contributed by atoms with Crippen LogP contribution < -0.4 is 5.32 Å². The number of nitrogens with one attached hydrogen (secondary N) is 1. The summed E-state index contributed by atoms with van der Waals surface area (Å²) in [6.45, 7) is 0.0396. The number of hydrogen-bond donors (Lipinski definition) is 1. The van der Waals surface area contributed by atoms with Crippen molar-refractivity contribution in [1.82, 2.24) is 20.0 Å². The van der Waals surface area contributed by atoms with Crippen LogP contribution in [0.3, 0.4) is 0 Å². The third-order valence-corrected chi connectivity index (χ3v) is 5.28. The molecule has 0 bridgehead atoms. The summed E-state index contributed by atoms with van der Waals surface area (Å²) in [6, 6.07) is 31.5. The summed E-state index contributed by atoms with van der Waals surface area (Å²) in [5, 5.41) is 11.7. The lowest BCUT2D eigenvalue weighted by molar-refractivity contribution is -0.116. The van der Waals surface area contributed by atoms with Gasteiger partial charge in [0.2, 0.25) is 5.91 Å². The van der Waals surface area contributed by atoms with Crippen LogP contribution in [-0.4, -0.2) is 25.9 Å². The van der Waals surface area contributed by atoms with Crippen molar-refractivity contribution in [3.05, 3.63) is 109 Å². The molecule has 160 valence electrons. The monoisotopic (exact) mass is 431 g/mol. The topological polar surface area (TPSA) is 72.7 Å². The average molecular weight is 431 g/mol. The fraction of sp³-hybridized carbons (Fsp3) is 0.0370. The smallest absolute Gasteiger partial charge is 0.246 e. The number of carbonyl (C=O) groups excluding carboxylic acids is 1. The van der Waals surface area contributed by atoms with Crippen LogP contribution in [0.5, 0.6) is 0 Å². The molecule has 2 aromatic heterocycles. The predicted molar refractivity (Wildman–Crippen MR) is 129 cm³/mol. The highest BCUT2D eigenvalue weighted by molar-refractivity contribution is 5.92. The lowest BCUT2D eigenvalue weighted by atomic mass is 10.1. The van der Waals surface area contributed by atoms with Crippen LogP contribution in [0.4, 0.5) is 5.69 Å². The standard InChI is InChI=1S/C27H21N5O/c33-25(29-24-13-7-12-23(18-24)20-8-3-1-4-9-20)19-32-27(22-10-5-2-6-11-22)26(30-31-32)21-14-16-28-17-15-21/h1-18H,19H2,(H,29,33). The molecular weight excluding hydrogens is 410 g/mol. The molecule has 0 atom stereocenters. The first kappa shape index (κ1) is 20.3. The van der Waals surface area contributed by atoms with E-state index in [0.29, 0.717) is 5.69 Å². The molecule has 0 fully saturated rings. The molecule has 0 spiro atoms. The average Bonchev–Trinajstić information content (AvgIpc) is 3.29. The van der Waals surface area contributed by atoms with Crippen LogP contribution in [-0.2, 0) is 11.3 Å². The second kappa shape index (κ2) is 9.28. The number of benzene rings is 3. The van der Waals surface area contributed by atoms with Crippen LogP contribution in [0, 0.1) is 0 Å². The molecule has 6 nitrogen and oxygen atoms in total. The van der Waals surface area contributed by atoms with Crippen LogP contribution in [0.25, 0.3) is 33.6 Å². The van der Waals surface area contributed by atoms with E-state index in [1.165, 1.54) is 0 Å². The zero-order chi connectivity index (χ0) is 22.5. The molecule has 1 N–H and O–H groups in total. The van der Waals surface area contributed by atoms with Gasteiger partial charge in [-0.25, -0.2) is 4.68 Å². The first-order valence-electron chi connectivity index (χ1n) is 10.6. The number of aromatic nitrogens is 4. The minimum Gasteiger partial charge on any atom is -0.324 e. The van der Waals surface area contributed by atoms with E-state index >= 15 is 0 Å². The molecule has 0 unspecified atom stereocenters. The molecule has 0 aliphatic heterocycles. The maximum atomic E-state index is 12.9. The molecule has 0 aliphatic rings. The summed E-state index contributed by atoms with van der Waals surface area (Å²) >= 11 is 0. The third kappa shape index (κ3) is 4.55. The molecule has 0 radical (unpaired) electrons. The molecule has 5 aromatic rings. The Hall–Kier alpha value is -4.58. The Bertz CT molecular complexity index is 1370. The summed E-state index contributed by atoms with van der Waals surface area (Å²) in [7, 11) is 0. The van der Waals surface area contributed by atoms with E-state index < -0.39 is 0 Å². The molecular formula is C27H21N5O. The largest absolute Gasteiger partial charge is 0.324 e. The molecule has 1 amide bonds. The summed E-state index contributed by atoms with van der Waals surface area (Å²) < 4.78 is 1.64. The number of anilines is 1. The van der Waals surface area contributed by atoms with Crippen molar-refractivity contribution >= 4 is 11.6 Å². The van der Waals surface area contributed by atoms with E-state index in [9.17, 15) is 4.79 Å². The highest BCUT2D eigenvalue weighted by Gasteiger charge is 2.18. The molecule has 0 saturated heterocycles. The fourth-order valence-corrected chi connectivity index (χ4v) is 3.75. The number of nitrogens with zero attached hydrogens (tertiary/aromatic N) is 4. The highest BCUT2D eigenvalue weighted by atomic mass is 16.2. The summed E-state index contributed by atoms with van der Waals surface area (Å²) in [5.41, 5.74) is 6.20. The Balaban J connectivity index is 1.42. The van der Waals surface area contributed by atoms with Crippen molar-refractivity contribution in [2.75, 3.05) is 5.32 Å². The number of pyridine rings is 1. The van der Waals surface area contributed by atoms with Crippen LogP contribution in [0.15, 0.2) is 109 Å². The maximum Gasteiger partial charge on any atom is 0.246 e. The Labute approximate surface area is 191 Å². The zero-order valence-corrected chi connectivity index (χ0v) is 17.8. The van der Waals surface area contributed by atoms with Gasteiger partial charge in [-0.1, -0.05) is 78.0 Å². The lowest BCUT2D eigenvalue weighted by Crippen LogP contribution is -2.20. The summed E-state index contributed by atoms with van der Waals surface area (Å²) in [4.78, 5) is 17.0. The van der Waals surface area contributed by atoms with E-state index in [4.69, 9.17) is 0 Å². The summed E-state index contributed by atoms with van der Waals surface area (Å²) in [6.07, 6.45) is 3.44. The molecule has 5 rings (SSSR count). The summed E-state index contributed by atoms with van der Waals surface area (Å²) in [5.74, 6) is -0.177. The Morgan fingerprint density at radius 2 is 1.39 bits per heavy atom. The maximum absolute atomic E-state index is 12.9. The van der Waals surface area contributed by atoms with Crippen molar-refractivity contribution in [1.29, 1.82) is 0 Å². The normalized spacial score (nSPS) is 10.7. The number of rotatable bonds is 6. The Morgan fingerprint density at radius 1 is 0.727 bits per heavy atom. The lowest BCUT2D eigenvalue weighted by Gasteiger charge is -2.10. The quantitative estimate of drug-likeness (QED) is 0.395. The van der Waals surface area contributed by atoms with E-state index in [2.05, 4.69) is 20.6 Å². The van der Waals surface area contributed by atoms with E-state index in [-0.39, 0.29) is 12.5 Å². The van der Waals surface area contributed by atoms with Gasteiger partial charge >= 0.3 is 0 Å². The molecule has 6 heteroatoms. The van der Waals surface area contributed by atoms with Crippen molar-refractivity contribution in [3.63, 3.8) is 0 Å². The fourth-order valence-electron chi connectivity index (χ4n) is 3.75. The molecule has 0 saturated carbocycles. The van der Waals surface area contributed by atoms with Gasteiger partial charge in [0.25, 0.3) is 0 Å². The minimum atomic E-state index is -0.177. The van der Waals surface area contributed by atoms with E-state index in [1.807, 2.05) is 97.1 Å². The zero-order valence-electron chi connectivity index (χ0n) is 17.8. The van der Waals surface area contributed by atoms with Gasteiger partial charge in [0, 0.05) is 29.2 Å². The van der Waals surface area contributed by atoms with Crippen LogP contribution in [0.2, 0.25) is 0 Å². The number of amides is 1. The van der Waals surface area contributed by atoms with E-state index in [1.54, 1.807) is 17.1 Å². The van der Waals surface area contributed by atoms with E-state index in [0.717, 1.165) is 33.6 Å². The van der Waals surface area contributed by atoms with Gasteiger partial charge in [0.05, 0.1) is 5.69 Å². The van der Waals surface area contributed by atoms with Gasteiger partial charge in [-0.05, 0) is 35.4 Å². The van der Waals surface area contributed by atoms with Crippen molar-refractivity contribution in [2.24, 2.45) is 0 Å². The molecule has 3 aromatic carbocycles. The molecule has 33 heavy (non-hydrogen) atoms. The van der Waals surface area contributed by atoms with Crippen molar-refractivity contribution < 1.29 is 4.79 Å².